The topological polar surface area (TPSA) is 50.3 Å². The first-order valence-corrected chi connectivity index (χ1v) is 10.3. The molecule has 1 atom stereocenters. The molecule has 4 aromatic rings. The van der Waals surface area contributed by atoms with E-state index in [1.165, 1.54) is 4.90 Å². The lowest BCUT2D eigenvalue weighted by Gasteiger charge is -2.30. The van der Waals surface area contributed by atoms with E-state index in [1.807, 2.05) is 60.7 Å². The fourth-order valence-corrected chi connectivity index (χ4v) is 4.52. The number of hydrogen-bond acceptors (Lipinski definition) is 3. The number of hydrogen-bond donors (Lipinski definition) is 0. The van der Waals surface area contributed by atoms with Crippen LogP contribution >= 0.6 is 0 Å². The highest BCUT2D eigenvalue weighted by Gasteiger charge is 2.41. The molecular weight excluding hydrogens is 372 g/mol. The second kappa shape index (κ2) is 7.06. The van der Waals surface area contributed by atoms with Crippen LogP contribution in [0.3, 0.4) is 0 Å². The van der Waals surface area contributed by atoms with Crippen LogP contribution in [-0.4, -0.2) is 21.7 Å². The number of amides is 2. The molecule has 0 saturated carbocycles. The second-order valence-electron chi connectivity index (χ2n) is 8.23. The minimum atomic E-state index is -0.366. The molecule has 0 bridgehead atoms. The minimum Gasteiger partial charge on any atom is -0.269 e. The van der Waals surface area contributed by atoms with Gasteiger partial charge >= 0.3 is 0 Å². The largest absolute Gasteiger partial charge is 0.269 e. The van der Waals surface area contributed by atoms with Crippen molar-refractivity contribution < 1.29 is 9.59 Å². The minimum absolute atomic E-state index is 0.216. The summed E-state index contributed by atoms with van der Waals surface area (Å²) in [5.41, 5.74) is 3.71. The summed E-state index contributed by atoms with van der Waals surface area (Å²) in [7, 11) is 0. The molecule has 0 radical (unpaired) electrons. The number of pyridine rings is 1. The Morgan fingerprint density at radius 1 is 0.733 bits per heavy atom. The molecule has 1 aliphatic rings. The number of nitrogens with zero attached hydrogens (tertiary/aromatic N) is 2. The van der Waals surface area contributed by atoms with Gasteiger partial charge in [-0.3, -0.25) is 14.5 Å². The third kappa shape index (κ3) is 2.79. The average molecular weight is 394 g/mol. The maximum atomic E-state index is 13.4. The highest BCUT2D eigenvalue weighted by atomic mass is 16.2. The van der Waals surface area contributed by atoms with Gasteiger partial charge in [-0.15, -0.1) is 0 Å². The molecule has 1 aliphatic heterocycles. The smallest absolute Gasteiger partial charge is 0.262 e. The molecule has 1 aromatic heterocycles. The van der Waals surface area contributed by atoms with Crippen LogP contribution < -0.4 is 0 Å². The summed E-state index contributed by atoms with van der Waals surface area (Å²) in [4.78, 5) is 33.0. The fourth-order valence-electron chi connectivity index (χ4n) is 4.52. The number of rotatable bonds is 4. The molecule has 0 fully saturated rings. The Bertz CT molecular complexity index is 1220. The summed E-state index contributed by atoms with van der Waals surface area (Å²) in [6.07, 6.45) is 0.684. The Kier molecular flexibility index (Phi) is 4.35. The van der Waals surface area contributed by atoms with Gasteiger partial charge in [0.1, 0.15) is 0 Å². The zero-order chi connectivity index (χ0) is 20.8. The van der Waals surface area contributed by atoms with Crippen molar-refractivity contribution in [2.24, 2.45) is 5.92 Å². The number of carbonyl (C=O) groups excluding carboxylic acids is 2. The molecule has 0 aliphatic carbocycles. The van der Waals surface area contributed by atoms with Crippen molar-refractivity contribution >= 4 is 33.6 Å². The molecule has 0 saturated heterocycles. The maximum Gasteiger partial charge on any atom is 0.262 e. The van der Waals surface area contributed by atoms with E-state index in [0.717, 1.165) is 27.4 Å². The predicted molar refractivity (Wildman–Crippen MR) is 118 cm³/mol. The third-order valence-corrected chi connectivity index (χ3v) is 5.79. The van der Waals surface area contributed by atoms with Crippen LogP contribution in [0.2, 0.25) is 0 Å². The van der Waals surface area contributed by atoms with Gasteiger partial charge in [0, 0.05) is 10.8 Å². The third-order valence-electron chi connectivity index (χ3n) is 5.79. The SMILES string of the molecule is CC(C)C[C@@H](c1c2ccccc2nc2ccccc12)N1C(=O)c2ccccc2C1=O. The van der Waals surface area contributed by atoms with Gasteiger partial charge in [0.25, 0.3) is 11.8 Å². The molecule has 3 aromatic carbocycles. The molecule has 4 nitrogen and oxygen atoms in total. The van der Waals surface area contributed by atoms with Crippen LogP contribution in [0.15, 0.2) is 72.8 Å². The molecule has 4 heteroatoms. The lowest BCUT2D eigenvalue weighted by molar-refractivity contribution is 0.0566. The van der Waals surface area contributed by atoms with Crippen molar-refractivity contribution in [1.29, 1.82) is 0 Å². The Balaban J connectivity index is 1.80. The standard InChI is InChI=1S/C26H22N2O2/c1-16(2)15-23(28-25(29)17-9-3-4-10-18(17)26(28)30)24-19-11-5-7-13-21(19)27-22-14-8-6-12-20(22)24/h3-14,16,23H,15H2,1-2H3/t23-/m0/s1. The summed E-state index contributed by atoms with van der Waals surface area (Å²) >= 11 is 0. The average Bonchev–Trinajstić information content (AvgIpc) is 3.01. The van der Waals surface area contributed by atoms with Crippen LogP contribution in [0.25, 0.3) is 21.8 Å². The van der Waals surface area contributed by atoms with E-state index in [9.17, 15) is 9.59 Å². The van der Waals surface area contributed by atoms with Gasteiger partial charge in [-0.25, -0.2) is 4.98 Å². The highest BCUT2D eigenvalue weighted by Crippen LogP contribution is 2.40. The number of fused-ring (bicyclic) bond motifs is 3. The zero-order valence-corrected chi connectivity index (χ0v) is 17.0. The maximum absolute atomic E-state index is 13.4. The fraction of sp³-hybridized carbons (Fsp3) is 0.192. The predicted octanol–water partition coefficient (Wildman–Crippen LogP) is 5.77. The number of imide groups is 1. The van der Waals surface area contributed by atoms with E-state index in [-0.39, 0.29) is 17.9 Å². The number of para-hydroxylation sites is 2. The zero-order valence-electron chi connectivity index (χ0n) is 17.0. The van der Waals surface area contributed by atoms with E-state index in [4.69, 9.17) is 4.98 Å². The van der Waals surface area contributed by atoms with Crippen LogP contribution in [-0.2, 0) is 0 Å². The Labute approximate surface area is 175 Å². The van der Waals surface area contributed by atoms with Gasteiger partial charge in [-0.05, 0) is 42.2 Å². The second-order valence-corrected chi connectivity index (χ2v) is 8.23. The molecule has 30 heavy (non-hydrogen) atoms. The van der Waals surface area contributed by atoms with Gasteiger partial charge in [0.05, 0.1) is 28.2 Å². The molecule has 0 N–H and O–H groups in total. The molecule has 0 spiro atoms. The lowest BCUT2D eigenvalue weighted by atomic mass is 9.90. The summed E-state index contributed by atoms with van der Waals surface area (Å²) in [5.74, 6) is -0.137. The van der Waals surface area contributed by atoms with Crippen molar-refractivity contribution in [3.8, 4) is 0 Å². The molecule has 0 unspecified atom stereocenters. The molecule has 2 amide bonds. The number of benzene rings is 3. The van der Waals surface area contributed by atoms with Crippen LogP contribution in [0.5, 0.6) is 0 Å². The summed E-state index contributed by atoms with van der Waals surface area (Å²) in [6.45, 7) is 4.24. The summed E-state index contributed by atoms with van der Waals surface area (Å²) in [6, 6.07) is 22.7. The lowest BCUT2D eigenvalue weighted by Crippen LogP contribution is -2.35. The van der Waals surface area contributed by atoms with Gasteiger partial charge < -0.3 is 0 Å². The van der Waals surface area contributed by atoms with Crippen molar-refractivity contribution in [2.45, 2.75) is 26.3 Å². The van der Waals surface area contributed by atoms with Crippen molar-refractivity contribution in [3.05, 3.63) is 89.5 Å². The van der Waals surface area contributed by atoms with Gasteiger partial charge in [0.15, 0.2) is 0 Å². The van der Waals surface area contributed by atoms with Crippen molar-refractivity contribution in [3.63, 3.8) is 0 Å². The monoisotopic (exact) mass is 394 g/mol. The van der Waals surface area contributed by atoms with E-state index >= 15 is 0 Å². The highest BCUT2D eigenvalue weighted by molar-refractivity contribution is 6.22. The quantitative estimate of drug-likeness (QED) is 0.326. The van der Waals surface area contributed by atoms with E-state index < -0.39 is 0 Å². The molecule has 5 rings (SSSR count). The van der Waals surface area contributed by atoms with Crippen LogP contribution in [0.4, 0.5) is 0 Å². The van der Waals surface area contributed by atoms with E-state index in [1.54, 1.807) is 12.1 Å². The Hall–Kier alpha value is -3.53. The van der Waals surface area contributed by atoms with Gasteiger partial charge in [-0.1, -0.05) is 62.4 Å². The normalized spacial score (nSPS) is 14.7. The van der Waals surface area contributed by atoms with E-state index in [2.05, 4.69) is 13.8 Å². The summed E-state index contributed by atoms with van der Waals surface area (Å²) in [5, 5.41) is 1.97. The van der Waals surface area contributed by atoms with Gasteiger partial charge in [0.2, 0.25) is 0 Å². The molecule has 148 valence electrons. The molecule has 2 heterocycles. The Morgan fingerprint density at radius 2 is 1.20 bits per heavy atom. The van der Waals surface area contributed by atoms with E-state index in [0.29, 0.717) is 23.5 Å². The van der Waals surface area contributed by atoms with Gasteiger partial charge in [-0.2, -0.15) is 0 Å². The first-order valence-electron chi connectivity index (χ1n) is 10.3. The van der Waals surface area contributed by atoms with Crippen molar-refractivity contribution in [1.82, 2.24) is 9.88 Å². The van der Waals surface area contributed by atoms with Crippen LogP contribution in [0.1, 0.15) is 52.6 Å². The summed E-state index contributed by atoms with van der Waals surface area (Å²) < 4.78 is 0. The molecular formula is C26H22N2O2. The Morgan fingerprint density at radius 3 is 1.70 bits per heavy atom. The number of carbonyl (C=O) groups is 2. The first kappa shape index (κ1) is 18.5. The van der Waals surface area contributed by atoms with Crippen molar-refractivity contribution in [2.75, 3.05) is 0 Å². The first-order chi connectivity index (χ1) is 14.6. The number of aromatic nitrogens is 1. The van der Waals surface area contributed by atoms with Crippen LogP contribution in [0, 0.1) is 5.92 Å².